The zero-order valence-corrected chi connectivity index (χ0v) is 25.8. The number of hydrogen-bond acceptors (Lipinski definition) is 7. The van der Waals surface area contributed by atoms with Crippen LogP contribution >= 0.6 is 0 Å². The summed E-state index contributed by atoms with van der Waals surface area (Å²) < 4.78 is 19.0. The normalized spacial score (nSPS) is 14.2. The summed E-state index contributed by atoms with van der Waals surface area (Å²) in [5.41, 5.74) is 3.78. The predicted molar refractivity (Wildman–Crippen MR) is 176 cm³/mol. The van der Waals surface area contributed by atoms with E-state index in [0.717, 1.165) is 11.1 Å². The molecular weight excluding hydrogens is 599 g/mol. The zero-order valence-electron chi connectivity index (χ0n) is 25.8. The third kappa shape index (κ3) is 8.70. The van der Waals surface area contributed by atoms with Crippen molar-refractivity contribution in [3.63, 3.8) is 0 Å². The maximum absolute atomic E-state index is 13.7. The highest BCUT2D eigenvalue weighted by atomic mass is 19.1. The van der Waals surface area contributed by atoms with Gasteiger partial charge in [0.2, 0.25) is 12.3 Å². The Hall–Kier alpha value is -5.76. The largest absolute Gasteiger partial charge is 0.445 e. The number of nitrogens with one attached hydrogen (secondary N) is 2. The topological polar surface area (TPSA) is 128 Å². The van der Waals surface area contributed by atoms with Crippen molar-refractivity contribution in [2.24, 2.45) is 0 Å². The average molecular weight is 635 g/mol. The molecule has 0 bridgehead atoms. The number of rotatable bonds is 13. The SMILES string of the molecule is N#Cc1ccccc1-c1ccc(N(C=O)CCN2CCCC(NC(=O)OCc3ccccc3)C2=O)c(NCCc2cccc(F)c2)n1. The Morgan fingerprint density at radius 1 is 1.06 bits per heavy atom. The minimum Gasteiger partial charge on any atom is -0.445 e. The summed E-state index contributed by atoms with van der Waals surface area (Å²) in [5, 5.41) is 15.6. The van der Waals surface area contributed by atoms with Gasteiger partial charge in [0.05, 0.1) is 23.0 Å². The van der Waals surface area contributed by atoms with Crippen LogP contribution < -0.4 is 15.5 Å². The average Bonchev–Trinajstić information content (AvgIpc) is 3.10. The Bertz CT molecular complexity index is 1750. The summed E-state index contributed by atoms with van der Waals surface area (Å²) in [4.78, 5) is 46.0. The van der Waals surface area contributed by atoms with E-state index in [9.17, 15) is 24.0 Å². The van der Waals surface area contributed by atoms with Gasteiger partial charge in [-0.1, -0.05) is 60.7 Å². The zero-order chi connectivity index (χ0) is 33.0. The van der Waals surface area contributed by atoms with Crippen LogP contribution in [0.5, 0.6) is 0 Å². The van der Waals surface area contributed by atoms with E-state index in [0.29, 0.717) is 67.1 Å². The predicted octanol–water partition coefficient (Wildman–Crippen LogP) is 5.29. The minimum absolute atomic E-state index is 0.0963. The van der Waals surface area contributed by atoms with Gasteiger partial charge in [-0.2, -0.15) is 5.26 Å². The van der Waals surface area contributed by atoms with Crippen molar-refractivity contribution in [2.45, 2.75) is 31.9 Å². The molecule has 0 radical (unpaired) electrons. The number of aromatic nitrogens is 1. The van der Waals surface area contributed by atoms with Crippen molar-refractivity contribution in [3.8, 4) is 17.3 Å². The first-order valence-corrected chi connectivity index (χ1v) is 15.4. The summed E-state index contributed by atoms with van der Waals surface area (Å²) in [6.45, 7) is 1.39. The highest BCUT2D eigenvalue weighted by Gasteiger charge is 2.30. The quantitative estimate of drug-likeness (QED) is 0.191. The molecule has 0 saturated carbocycles. The van der Waals surface area contributed by atoms with Crippen LogP contribution in [0.15, 0.2) is 91.0 Å². The van der Waals surface area contributed by atoms with Gasteiger partial charge < -0.3 is 25.2 Å². The molecule has 0 spiro atoms. The van der Waals surface area contributed by atoms with Gasteiger partial charge in [0.15, 0.2) is 5.82 Å². The molecule has 4 aromatic rings. The number of pyridine rings is 1. The highest BCUT2D eigenvalue weighted by Crippen LogP contribution is 2.29. The molecule has 2 heterocycles. The monoisotopic (exact) mass is 634 g/mol. The Morgan fingerprint density at radius 3 is 2.64 bits per heavy atom. The van der Waals surface area contributed by atoms with Crippen LogP contribution in [0.1, 0.15) is 29.5 Å². The molecule has 1 aliphatic heterocycles. The molecule has 47 heavy (non-hydrogen) atoms. The number of piperidine rings is 1. The van der Waals surface area contributed by atoms with Crippen LogP contribution in [0.2, 0.25) is 0 Å². The number of hydrogen-bond donors (Lipinski definition) is 2. The number of carbonyl (C=O) groups is 3. The van der Waals surface area contributed by atoms with E-state index in [1.807, 2.05) is 42.5 Å². The number of ether oxygens (including phenoxy) is 1. The third-order valence-electron chi connectivity index (χ3n) is 7.88. The molecule has 240 valence electrons. The fourth-order valence-electron chi connectivity index (χ4n) is 5.45. The molecule has 5 rings (SSSR count). The number of nitrogens with zero attached hydrogens (tertiary/aromatic N) is 4. The molecule has 1 aliphatic rings. The molecule has 1 atom stereocenters. The summed E-state index contributed by atoms with van der Waals surface area (Å²) >= 11 is 0. The van der Waals surface area contributed by atoms with E-state index in [-0.39, 0.29) is 31.4 Å². The number of likely N-dealkylation sites (tertiary alicyclic amines) is 1. The number of amides is 3. The second-order valence-corrected chi connectivity index (χ2v) is 11.1. The van der Waals surface area contributed by atoms with E-state index >= 15 is 0 Å². The number of alkyl carbamates (subject to hydrolysis) is 1. The number of anilines is 2. The van der Waals surface area contributed by atoms with E-state index in [4.69, 9.17) is 9.72 Å². The molecule has 11 heteroatoms. The highest BCUT2D eigenvalue weighted by molar-refractivity contribution is 5.87. The van der Waals surface area contributed by atoms with Crippen molar-refractivity contribution in [1.82, 2.24) is 15.2 Å². The molecule has 10 nitrogen and oxygen atoms in total. The van der Waals surface area contributed by atoms with E-state index < -0.39 is 12.1 Å². The molecule has 2 N–H and O–H groups in total. The Labute approximate surface area is 272 Å². The van der Waals surface area contributed by atoms with Gasteiger partial charge in [0.1, 0.15) is 18.5 Å². The van der Waals surface area contributed by atoms with Gasteiger partial charge in [-0.3, -0.25) is 9.59 Å². The molecular formula is C36H35FN6O4. The van der Waals surface area contributed by atoms with Crippen molar-refractivity contribution >= 4 is 29.9 Å². The summed E-state index contributed by atoms with van der Waals surface area (Å²) in [6.07, 6.45) is 1.69. The second-order valence-electron chi connectivity index (χ2n) is 11.1. The maximum atomic E-state index is 13.7. The molecule has 3 amide bonds. The minimum atomic E-state index is -0.724. The van der Waals surface area contributed by atoms with Crippen LogP contribution in [0.3, 0.4) is 0 Å². The fourth-order valence-corrected chi connectivity index (χ4v) is 5.45. The van der Waals surface area contributed by atoms with Crippen LogP contribution in [0.25, 0.3) is 11.3 Å². The Kier molecular flexibility index (Phi) is 11.1. The summed E-state index contributed by atoms with van der Waals surface area (Å²) in [7, 11) is 0. The lowest BCUT2D eigenvalue weighted by Crippen LogP contribution is -2.53. The number of nitriles is 1. The molecule has 0 aliphatic carbocycles. The smallest absolute Gasteiger partial charge is 0.408 e. The van der Waals surface area contributed by atoms with Gasteiger partial charge in [0, 0.05) is 31.7 Å². The Balaban J connectivity index is 1.27. The van der Waals surface area contributed by atoms with Gasteiger partial charge >= 0.3 is 6.09 Å². The van der Waals surface area contributed by atoms with Gasteiger partial charge in [0.25, 0.3) is 0 Å². The number of halogens is 1. The fraction of sp³-hybridized carbons (Fsp3) is 0.250. The first-order chi connectivity index (χ1) is 22.9. The second kappa shape index (κ2) is 16.0. The van der Waals surface area contributed by atoms with Crippen molar-refractivity contribution < 1.29 is 23.5 Å². The third-order valence-corrected chi connectivity index (χ3v) is 7.88. The van der Waals surface area contributed by atoms with E-state index in [2.05, 4.69) is 16.7 Å². The number of carbonyl (C=O) groups excluding carboxylic acids is 3. The summed E-state index contributed by atoms with van der Waals surface area (Å²) in [6, 6.07) is 27.7. The molecule has 3 aromatic carbocycles. The van der Waals surface area contributed by atoms with Gasteiger partial charge in [-0.15, -0.1) is 0 Å². The lowest BCUT2D eigenvalue weighted by atomic mass is 10.0. The lowest BCUT2D eigenvalue weighted by molar-refractivity contribution is -0.135. The van der Waals surface area contributed by atoms with Crippen LogP contribution in [-0.4, -0.2) is 60.5 Å². The van der Waals surface area contributed by atoms with Crippen LogP contribution in [-0.2, 0) is 27.4 Å². The standard InChI is InChI=1S/C36H35FN6O4/c37-29-12-6-10-26(22-29)17-18-39-34-33(16-15-31(40-34)30-13-5-4-11-28(30)23-38)43(25-44)21-20-42-19-7-14-32(35(42)45)41-36(46)47-24-27-8-2-1-3-9-27/h1-6,8-13,15-16,22,25,32H,7,14,17-21,24H2,(H,39,40)(H,41,46). The number of benzene rings is 3. The molecule has 1 unspecified atom stereocenters. The van der Waals surface area contributed by atoms with Gasteiger partial charge in [-0.25, -0.2) is 14.2 Å². The first-order valence-electron chi connectivity index (χ1n) is 15.4. The van der Waals surface area contributed by atoms with E-state index in [1.54, 1.807) is 41.3 Å². The first kappa shape index (κ1) is 32.6. The van der Waals surface area contributed by atoms with E-state index in [1.165, 1.54) is 17.0 Å². The van der Waals surface area contributed by atoms with Crippen molar-refractivity contribution in [1.29, 1.82) is 5.26 Å². The lowest BCUT2D eigenvalue weighted by Gasteiger charge is -2.33. The Morgan fingerprint density at radius 2 is 1.85 bits per heavy atom. The van der Waals surface area contributed by atoms with Crippen LogP contribution in [0.4, 0.5) is 20.7 Å². The maximum Gasteiger partial charge on any atom is 0.408 e. The summed E-state index contributed by atoms with van der Waals surface area (Å²) in [5.74, 6) is -0.157. The molecule has 1 saturated heterocycles. The molecule has 1 aromatic heterocycles. The van der Waals surface area contributed by atoms with Crippen LogP contribution in [0, 0.1) is 17.1 Å². The molecule has 1 fully saturated rings. The van der Waals surface area contributed by atoms with Crippen molar-refractivity contribution in [2.75, 3.05) is 36.4 Å². The van der Waals surface area contributed by atoms with Crippen molar-refractivity contribution in [3.05, 3.63) is 114 Å². The van der Waals surface area contributed by atoms with Gasteiger partial charge in [-0.05, 0) is 60.7 Å².